The van der Waals surface area contributed by atoms with E-state index in [9.17, 15) is 5.26 Å². The molecule has 0 amide bonds. The first-order valence-corrected chi connectivity index (χ1v) is 6.13. The maximum atomic E-state index is 9.20. The topological polar surface area (TPSA) is 89.8 Å². The summed E-state index contributed by atoms with van der Waals surface area (Å²) in [6.45, 7) is 1.15. The Labute approximate surface area is 108 Å². The molecule has 0 bridgehead atoms. The molecule has 1 aliphatic carbocycles. The minimum atomic E-state index is -0.470. The summed E-state index contributed by atoms with van der Waals surface area (Å²) >= 11 is 0. The highest BCUT2D eigenvalue weighted by Crippen LogP contribution is 2.45. The van der Waals surface area contributed by atoms with Crippen LogP contribution in [-0.2, 0) is 9.47 Å². The molecule has 0 radical (unpaired) electrons. The van der Waals surface area contributed by atoms with Gasteiger partial charge in [0.25, 0.3) is 0 Å². The van der Waals surface area contributed by atoms with Crippen molar-refractivity contribution in [1.82, 2.24) is 0 Å². The zero-order chi connectivity index (χ0) is 13.3. The van der Waals surface area contributed by atoms with Crippen LogP contribution in [-0.4, -0.2) is 25.9 Å². The second-order valence-electron chi connectivity index (χ2n) is 4.36. The van der Waals surface area contributed by atoms with Crippen LogP contribution in [0, 0.1) is 39.4 Å². The van der Waals surface area contributed by atoms with Gasteiger partial charge in [-0.1, -0.05) is 6.42 Å². The van der Waals surface area contributed by atoms with Crippen molar-refractivity contribution in [2.24, 2.45) is 5.41 Å². The van der Waals surface area contributed by atoms with E-state index in [0.29, 0.717) is 26.2 Å². The maximum absolute atomic E-state index is 9.20. The molecule has 0 aromatic rings. The molecule has 1 saturated carbocycles. The molecule has 0 spiro atoms. The van der Waals surface area contributed by atoms with Crippen molar-refractivity contribution in [1.29, 1.82) is 15.8 Å². The predicted octanol–water partition coefficient (Wildman–Crippen LogP) is 1.91. The Morgan fingerprint density at radius 3 is 2.33 bits per heavy atom. The lowest BCUT2D eigenvalue weighted by atomic mass is 9.65. The Morgan fingerprint density at radius 1 is 1.06 bits per heavy atom. The van der Waals surface area contributed by atoms with Crippen LogP contribution in [0.15, 0.2) is 0 Å². The fraction of sp³-hybridized carbons (Fsp3) is 0.769. The SMILES string of the molecule is N#CCCOCCOC(CC#N)C1(C#N)CCC1. The average Bonchev–Trinajstić information content (AvgIpc) is 2.33. The monoisotopic (exact) mass is 247 g/mol. The second kappa shape index (κ2) is 7.67. The third kappa shape index (κ3) is 3.70. The average molecular weight is 247 g/mol. The van der Waals surface area contributed by atoms with Gasteiger partial charge in [0.2, 0.25) is 0 Å². The van der Waals surface area contributed by atoms with E-state index in [-0.39, 0.29) is 12.5 Å². The van der Waals surface area contributed by atoms with Crippen LogP contribution >= 0.6 is 0 Å². The lowest BCUT2D eigenvalue weighted by Gasteiger charge is -2.40. The number of ether oxygens (including phenoxy) is 2. The van der Waals surface area contributed by atoms with Gasteiger partial charge in [0.05, 0.1) is 62.4 Å². The predicted molar refractivity (Wildman–Crippen MR) is 62.9 cm³/mol. The fourth-order valence-corrected chi connectivity index (χ4v) is 2.03. The molecule has 0 aromatic carbocycles. The largest absolute Gasteiger partial charge is 0.378 e. The molecule has 5 nitrogen and oxygen atoms in total. The molecule has 0 aliphatic heterocycles. The number of nitrogens with zero attached hydrogens (tertiary/aromatic N) is 3. The molecule has 0 N–H and O–H groups in total. The highest BCUT2D eigenvalue weighted by Gasteiger charge is 2.45. The fourth-order valence-electron chi connectivity index (χ4n) is 2.03. The Morgan fingerprint density at radius 2 is 1.83 bits per heavy atom. The molecule has 0 heterocycles. The normalized spacial score (nSPS) is 17.8. The van der Waals surface area contributed by atoms with Gasteiger partial charge >= 0.3 is 0 Å². The zero-order valence-electron chi connectivity index (χ0n) is 10.4. The van der Waals surface area contributed by atoms with Crippen molar-refractivity contribution >= 4 is 0 Å². The Kier molecular flexibility index (Phi) is 6.15. The standard InChI is InChI=1S/C13H17N3O2/c14-6-2-8-17-9-10-18-12(3-7-15)13(11-16)4-1-5-13/h12H,1-5,8-10H2. The second-order valence-corrected chi connectivity index (χ2v) is 4.36. The molecule has 1 rings (SSSR count). The molecule has 5 heteroatoms. The Bertz CT molecular complexity index is 371. The minimum absolute atomic E-state index is 0.242. The maximum Gasteiger partial charge on any atom is 0.0892 e. The van der Waals surface area contributed by atoms with Crippen molar-refractivity contribution in [3.63, 3.8) is 0 Å². The van der Waals surface area contributed by atoms with Gasteiger partial charge in [-0.25, -0.2) is 0 Å². The smallest absolute Gasteiger partial charge is 0.0892 e. The molecule has 1 unspecified atom stereocenters. The van der Waals surface area contributed by atoms with Gasteiger partial charge in [-0.05, 0) is 12.8 Å². The highest BCUT2D eigenvalue weighted by atomic mass is 16.5. The van der Waals surface area contributed by atoms with Crippen LogP contribution < -0.4 is 0 Å². The molecule has 18 heavy (non-hydrogen) atoms. The molecule has 1 atom stereocenters. The van der Waals surface area contributed by atoms with Crippen LogP contribution in [0.4, 0.5) is 0 Å². The van der Waals surface area contributed by atoms with E-state index >= 15 is 0 Å². The van der Waals surface area contributed by atoms with Gasteiger partial charge in [-0.3, -0.25) is 0 Å². The molecule has 0 aromatic heterocycles. The van der Waals surface area contributed by atoms with Gasteiger partial charge in [-0.15, -0.1) is 0 Å². The minimum Gasteiger partial charge on any atom is -0.378 e. The zero-order valence-corrected chi connectivity index (χ0v) is 10.4. The van der Waals surface area contributed by atoms with Gasteiger partial charge in [0, 0.05) is 0 Å². The van der Waals surface area contributed by atoms with Crippen molar-refractivity contribution in [2.75, 3.05) is 19.8 Å². The van der Waals surface area contributed by atoms with E-state index in [2.05, 4.69) is 12.1 Å². The van der Waals surface area contributed by atoms with E-state index in [1.807, 2.05) is 6.07 Å². The van der Waals surface area contributed by atoms with Crippen molar-refractivity contribution in [3.05, 3.63) is 0 Å². The molecule has 96 valence electrons. The van der Waals surface area contributed by atoms with Gasteiger partial charge in [0.15, 0.2) is 0 Å². The van der Waals surface area contributed by atoms with Crippen LogP contribution in [0.3, 0.4) is 0 Å². The first-order valence-electron chi connectivity index (χ1n) is 6.13. The van der Waals surface area contributed by atoms with Crippen LogP contribution in [0.1, 0.15) is 32.1 Å². The summed E-state index contributed by atoms with van der Waals surface area (Å²) < 4.78 is 10.8. The number of rotatable bonds is 8. The summed E-state index contributed by atoms with van der Waals surface area (Å²) in [7, 11) is 0. The first kappa shape index (κ1) is 14.5. The van der Waals surface area contributed by atoms with Gasteiger partial charge in [-0.2, -0.15) is 15.8 Å². The molecule has 0 saturated heterocycles. The Hall–Kier alpha value is -1.61. The van der Waals surface area contributed by atoms with Crippen molar-refractivity contribution in [3.8, 4) is 18.2 Å². The lowest BCUT2D eigenvalue weighted by Crippen LogP contribution is -2.42. The summed E-state index contributed by atoms with van der Waals surface area (Å²) in [6.07, 6.45) is 2.93. The molecule has 1 fully saturated rings. The Balaban J connectivity index is 2.29. The van der Waals surface area contributed by atoms with Crippen LogP contribution in [0.25, 0.3) is 0 Å². The van der Waals surface area contributed by atoms with E-state index in [1.54, 1.807) is 0 Å². The summed E-state index contributed by atoms with van der Waals surface area (Å²) in [5.41, 5.74) is -0.470. The van der Waals surface area contributed by atoms with Crippen LogP contribution in [0.5, 0.6) is 0 Å². The van der Waals surface area contributed by atoms with Gasteiger partial charge in [0.1, 0.15) is 0 Å². The number of hydrogen-bond acceptors (Lipinski definition) is 5. The highest BCUT2D eigenvalue weighted by molar-refractivity contribution is 5.10. The van der Waals surface area contributed by atoms with Crippen molar-refractivity contribution in [2.45, 2.75) is 38.2 Å². The van der Waals surface area contributed by atoms with Crippen molar-refractivity contribution < 1.29 is 9.47 Å². The summed E-state index contributed by atoms with van der Waals surface area (Å²) in [4.78, 5) is 0. The van der Waals surface area contributed by atoms with E-state index in [0.717, 1.165) is 19.3 Å². The van der Waals surface area contributed by atoms with E-state index in [4.69, 9.17) is 20.0 Å². The molecule has 1 aliphatic rings. The van der Waals surface area contributed by atoms with Gasteiger partial charge < -0.3 is 9.47 Å². The third-order valence-corrected chi connectivity index (χ3v) is 3.27. The van der Waals surface area contributed by atoms with E-state index < -0.39 is 5.41 Å². The number of nitriles is 3. The quantitative estimate of drug-likeness (QED) is 0.611. The molecular weight excluding hydrogens is 230 g/mol. The van der Waals surface area contributed by atoms with E-state index in [1.165, 1.54) is 0 Å². The lowest BCUT2D eigenvalue weighted by molar-refractivity contribution is -0.0649. The number of hydrogen-bond donors (Lipinski definition) is 0. The third-order valence-electron chi connectivity index (χ3n) is 3.27. The first-order chi connectivity index (χ1) is 8.79. The molecular formula is C13H17N3O2. The summed E-state index contributed by atoms with van der Waals surface area (Å²) in [5.74, 6) is 0. The van der Waals surface area contributed by atoms with Crippen LogP contribution in [0.2, 0.25) is 0 Å². The summed E-state index contributed by atoms with van der Waals surface area (Å²) in [5, 5.41) is 26.3. The summed E-state index contributed by atoms with van der Waals surface area (Å²) in [6, 6.07) is 6.37.